The number of benzene rings is 1. The molecule has 0 aliphatic carbocycles. The fourth-order valence-electron chi connectivity index (χ4n) is 3.26. The standard InChI is InChI=1S/C19H22N6/c1-15-17(13-22-23-15)14-24-9-11-25(12-10-24)19-18(20-7-8-21-19)16-5-3-2-4-6-16/h2-8,13H,9-12,14H2,1H3,(H,22,23). The Balaban J connectivity index is 1.47. The van der Waals surface area contributed by atoms with Gasteiger partial charge < -0.3 is 4.90 Å². The first-order chi connectivity index (χ1) is 12.3. The molecule has 0 saturated carbocycles. The van der Waals surface area contributed by atoms with E-state index < -0.39 is 0 Å². The van der Waals surface area contributed by atoms with E-state index in [9.17, 15) is 0 Å². The molecule has 0 unspecified atom stereocenters. The monoisotopic (exact) mass is 334 g/mol. The van der Waals surface area contributed by atoms with Gasteiger partial charge >= 0.3 is 0 Å². The summed E-state index contributed by atoms with van der Waals surface area (Å²) in [5, 5.41) is 7.13. The first-order valence-electron chi connectivity index (χ1n) is 8.64. The first kappa shape index (κ1) is 15.8. The molecular weight excluding hydrogens is 312 g/mol. The zero-order valence-electron chi connectivity index (χ0n) is 14.4. The highest BCUT2D eigenvalue weighted by Gasteiger charge is 2.21. The molecule has 1 saturated heterocycles. The van der Waals surface area contributed by atoms with Gasteiger partial charge in [0.25, 0.3) is 0 Å². The molecule has 0 atom stereocenters. The fraction of sp³-hybridized carbons (Fsp3) is 0.316. The van der Waals surface area contributed by atoms with Gasteiger partial charge in [0.15, 0.2) is 5.82 Å². The van der Waals surface area contributed by atoms with Crippen LogP contribution in [0.25, 0.3) is 11.3 Å². The van der Waals surface area contributed by atoms with Crippen molar-refractivity contribution in [3.05, 3.63) is 60.2 Å². The third-order valence-electron chi connectivity index (χ3n) is 4.73. The number of nitrogens with one attached hydrogen (secondary N) is 1. The Morgan fingerprint density at radius 2 is 1.76 bits per heavy atom. The van der Waals surface area contributed by atoms with Gasteiger partial charge in [-0.25, -0.2) is 4.98 Å². The molecule has 0 radical (unpaired) electrons. The van der Waals surface area contributed by atoms with E-state index in [1.165, 1.54) is 5.56 Å². The summed E-state index contributed by atoms with van der Waals surface area (Å²) in [6, 6.07) is 10.3. The van der Waals surface area contributed by atoms with Crippen molar-refractivity contribution in [1.29, 1.82) is 0 Å². The van der Waals surface area contributed by atoms with E-state index in [1.54, 1.807) is 12.4 Å². The number of rotatable bonds is 4. The van der Waals surface area contributed by atoms with E-state index in [2.05, 4.69) is 49.0 Å². The van der Waals surface area contributed by atoms with Crippen LogP contribution in [0.2, 0.25) is 0 Å². The summed E-state index contributed by atoms with van der Waals surface area (Å²) < 4.78 is 0. The molecule has 25 heavy (non-hydrogen) atoms. The van der Waals surface area contributed by atoms with Crippen LogP contribution in [0.15, 0.2) is 48.9 Å². The summed E-state index contributed by atoms with van der Waals surface area (Å²) in [6.07, 6.45) is 5.48. The maximum atomic E-state index is 4.62. The van der Waals surface area contributed by atoms with Crippen LogP contribution < -0.4 is 4.90 Å². The normalized spacial score (nSPS) is 15.5. The van der Waals surface area contributed by atoms with E-state index >= 15 is 0 Å². The predicted octanol–water partition coefficient (Wildman–Crippen LogP) is 2.50. The van der Waals surface area contributed by atoms with Crippen molar-refractivity contribution in [3.8, 4) is 11.3 Å². The lowest BCUT2D eigenvalue weighted by Gasteiger charge is -2.35. The van der Waals surface area contributed by atoms with Crippen LogP contribution in [-0.4, -0.2) is 51.2 Å². The quantitative estimate of drug-likeness (QED) is 0.794. The highest BCUT2D eigenvalue weighted by Crippen LogP contribution is 2.27. The molecule has 6 nitrogen and oxygen atoms in total. The minimum atomic E-state index is 0.947. The number of nitrogens with zero attached hydrogens (tertiary/aromatic N) is 5. The van der Waals surface area contributed by atoms with E-state index in [0.717, 1.165) is 55.5 Å². The van der Waals surface area contributed by atoms with Crippen LogP contribution in [0.5, 0.6) is 0 Å². The van der Waals surface area contributed by atoms with Crippen LogP contribution in [0.3, 0.4) is 0 Å². The van der Waals surface area contributed by atoms with E-state index in [-0.39, 0.29) is 0 Å². The number of aromatic nitrogens is 4. The molecule has 0 bridgehead atoms. The molecule has 0 amide bonds. The summed E-state index contributed by atoms with van der Waals surface area (Å²) in [7, 11) is 0. The van der Waals surface area contributed by atoms with Gasteiger partial charge in [-0.15, -0.1) is 0 Å². The van der Waals surface area contributed by atoms with Crippen molar-refractivity contribution in [1.82, 2.24) is 25.1 Å². The Morgan fingerprint density at radius 1 is 1.00 bits per heavy atom. The van der Waals surface area contributed by atoms with Crippen LogP contribution in [-0.2, 0) is 6.54 Å². The second kappa shape index (κ2) is 7.03. The Morgan fingerprint density at radius 3 is 2.48 bits per heavy atom. The lowest BCUT2D eigenvalue weighted by molar-refractivity contribution is 0.249. The number of piperazine rings is 1. The highest BCUT2D eigenvalue weighted by atomic mass is 15.3. The lowest BCUT2D eigenvalue weighted by Crippen LogP contribution is -2.46. The minimum Gasteiger partial charge on any atom is -0.352 e. The summed E-state index contributed by atoms with van der Waals surface area (Å²) >= 11 is 0. The predicted molar refractivity (Wildman–Crippen MR) is 98.3 cm³/mol. The minimum absolute atomic E-state index is 0.947. The summed E-state index contributed by atoms with van der Waals surface area (Å²) in [5.74, 6) is 0.979. The van der Waals surface area contributed by atoms with Crippen molar-refractivity contribution >= 4 is 5.82 Å². The maximum absolute atomic E-state index is 4.62. The zero-order valence-corrected chi connectivity index (χ0v) is 14.4. The average molecular weight is 334 g/mol. The number of hydrogen-bond donors (Lipinski definition) is 1. The molecular formula is C19H22N6. The van der Waals surface area contributed by atoms with Gasteiger partial charge in [0.1, 0.15) is 5.69 Å². The molecule has 2 aromatic heterocycles. The molecule has 128 valence electrons. The third kappa shape index (κ3) is 3.39. The van der Waals surface area contributed by atoms with E-state index in [0.29, 0.717) is 0 Å². The topological polar surface area (TPSA) is 60.9 Å². The number of anilines is 1. The summed E-state index contributed by atoms with van der Waals surface area (Å²) in [4.78, 5) is 14.0. The first-order valence-corrected chi connectivity index (χ1v) is 8.64. The van der Waals surface area contributed by atoms with Gasteiger partial charge in [-0.3, -0.25) is 15.0 Å². The van der Waals surface area contributed by atoms with E-state index in [1.807, 2.05) is 24.4 Å². The van der Waals surface area contributed by atoms with Crippen molar-refractivity contribution in [2.45, 2.75) is 13.5 Å². The molecule has 3 aromatic rings. The lowest BCUT2D eigenvalue weighted by atomic mass is 10.1. The fourth-order valence-corrected chi connectivity index (χ4v) is 3.26. The molecule has 1 aromatic carbocycles. The van der Waals surface area contributed by atoms with Crippen molar-refractivity contribution < 1.29 is 0 Å². The molecule has 3 heterocycles. The highest BCUT2D eigenvalue weighted by molar-refractivity contribution is 5.71. The average Bonchev–Trinajstić information content (AvgIpc) is 3.08. The van der Waals surface area contributed by atoms with Gasteiger partial charge in [-0.1, -0.05) is 30.3 Å². The largest absolute Gasteiger partial charge is 0.352 e. The van der Waals surface area contributed by atoms with Crippen molar-refractivity contribution in [3.63, 3.8) is 0 Å². The van der Waals surface area contributed by atoms with E-state index in [4.69, 9.17) is 0 Å². The number of H-pyrrole nitrogens is 1. The van der Waals surface area contributed by atoms with Crippen molar-refractivity contribution in [2.24, 2.45) is 0 Å². The molecule has 1 fully saturated rings. The van der Waals surface area contributed by atoms with Gasteiger partial charge in [0.05, 0.1) is 6.20 Å². The van der Waals surface area contributed by atoms with Gasteiger partial charge in [0, 0.05) is 61.9 Å². The second-order valence-corrected chi connectivity index (χ2v) is 6.38. The number of hydrogen-bond acceptors (Lipinski definition) is 5. The van der Waals surface area contributed by atoms with Gasteiger partial charge in [-0.05, 0) is 6.92 Å². The molecule has 1 aliphatic heterocycles. The SMILES string of the molecule is Cc1[nH]ncc1CN1CCN(c2nccnc2-c2ccccc2)CC1. The Bertz CT molecular complexity index is 821. The molecule has 6 heteroatoms. The Kier molecular flexibility index (Phi) is 4.43. The van der Waals surface area contributed by atoms with Crippen LogP contribution >= 0.6 is 0 Å². The van der Waals surface area contributed by atoms with Crippen LogP contribution in [0.4, 0.5) is 5.82 Å². The zero-order chi connectivity index (χ0) is 17.1. The Hall–Kier alpha value is -2.73. The Labute approximate surface area is 147 Å². The smallest absolute Gasteiger partial charge is 0.155 e. The van der Waals surface area contributed by atoms with Gasteiger partial charge in [-0.2, -0.15) is 5.10 Å². The molecule has 0 spiro atoms. The summed E-state index contributed by atoms with van der Waals surface area (Å²) in [6.45, 7) is 6.95. The van der Waals surface area contributed by atoms with Gasteiger partial charge in [0.2, 0.25) is 0 Å². The third-order valence-corrected chi connectivity index (χ3v) is 4.73. The molecule has 4 rings (SSSR count). The van der Waals surface area contributed by atoms with Crippen molar-refractivity contribution in [2.75, 3.05) is 31.1 Å². The second-order valence-electron chi connectivity index (χ2n) is 6.38. The maximum Gasteiger partial charge on any atom is 0.155 e. The number of aryl methyl sites for hydroxylation is 1. The van der Waals surface area contributed by atoms with Crippen LogP contribution in [0.1, 0.15) is 11.3 Å². The molecule has 1 N–H and O–H groups in total. The summed E-state index contributed by atoms with van der Waals surface area (Å²) in [5.41, 5.74) is 4.50. The molecule has 1 aliphatic rings. The van der Waals surface area contributed by atoms with Crippen LogP contribution in [0, 0.1) is 6.92 Å². The number of aromatic amines is 1.